The number of nitrogens with zero attached hydrogens (tertiary/aromatic N) is 3. The largest absolute Gasteiger partial charge is 0.493 e. The maximum absolute atomic E-state index is 10.3. The number of aromatic nitrogens is 1. The van der Waals surface area contributed by atoms with Gasteiger partial charge in [0, 0.05) is 17.1 Å². The van der Waals surface area contributed by atoms with E-state index in [0.717, 1.165) is 22.5 Å². The van der Waals surface area contributed by atoms with Crippen molar-refractivity contribution in [2.75, 3.05) is 0 Å². The zero-order chi connectivity index (χ0) is 18.8. The van der Waals surface area contributed by atoms with Gasteiger partial charge in [0.15, 0.2) is 4.80 Å². The van der Waals surface area contributed by atoms with E-state index in [1.54, 1.807) is 30.0 Å². The molecule has 0 bridgehead atoms. The van der Waals surface area contributed by atoms with Crippen LogP contribution < -0.4 is 4.80 Å². The Kier molecular flexibility index (Phi) is 5.51. The minimum absolute atomic E-state index is 0.105. The number of benzene rings is 2. The first-order valence-electron chi connectivity index (χ1n) is 7.85. The number of hydrogen-bond acceptors (Lipinski definition) is 4. The zero-order valence-electron chi connectivity index (χ0n) is 14.5. The van der Waals surface area contributed by atoms with Crippen LogP contribution in [0.25, 0.3) is 0 Å². The molecule has 26 heavy (non-hydrogen) atoms. The highest BCUT2D eigenvalue weighted by molar-refractivity contribution is 7.11. The van der Waals surface area contributed by atoms with E-state index in [9.17, 15) is 5.11 Å². The van der Waals surface area contributed by atoms with Crippen LogP contribution in [-0.4, -0.2) is 15.9 Å². The van der Waals surface area contributed by atoms with E-state index in [1.165, 1.54) is 11.3 Å². The van der Waals surface area contributed by atoms with Gasteiger partial charge in [-0.05, 0) is 49.2 Å². The van der Waals surface area contributed by atoms with E-state index in [4.69, 9.17) is 23.2 Å². The topological polar surface area (TPSA) is 49.9 Å². The van der Waals surface area contributed by atoms with Crippen LogP contribution in [0.5, 0.6) is 5.88 Å². The fourth-order valence-corrected chi connectivity index (χ4v) is 3.46. The van der Waals surface area contributed by atoms with Crippen molar-refractivity contribution in [2.45, 2.75) is 13.8 Å². The lowest BCUT2D eigenvalue weighted by molar-refractivity contribution is 0.428. The molecule has 0 saturated heterocycles. The molecule has 0 aliphatic heterocycles. The lowest BCUT2D eigenvalue weighted by atomic mass is 10.2. The molecule has 134 valence electrons. The predicted octanol–water partition coefficient (Wildman–Crippen LogP) is 5.70. The molecule has 0 saturated carbocycles. The van der Waals surface area contributed by atoms with Gasteiger partial charge in [-0.3, -0.25) is 9.56 Å². The van der Waals surface area contributed by atoms with Gasteiger partial charge in [-0.15, -0.1) is 0 Å². The van der Waals surface area contributed by atoms with Crippen molar-refractivity contribution in [3.05, 3.63) is 67.2 Å². The van der Waals surface area contributed by atoms with E-state index < -0.39 is 0 Å². The summed E-state index contributed by atoms with van der Waals surface area (Å²) in [7, 11) is 1.75. The Balaban J connectivity index is 1.96. The number of hydrogen-bond donors (Lipinski definition) is 1. The van der Waals surface area contributed by atoms with Crippen LogP contribution in [0.4, 0.5) is 11.4 Å². The molecule has 1 aromatic heterocycles. The first-order chi connectivity index (χ1) is 12.3. The maximum atomic E-state index is 10.3. The number of rotatable bonds is 3. The second-order valence-electron chi connectivity index (χ2n) is 5.87. The summed E-state index contributed by atoms with van der Waals surface area (Å²) >= 11 is 13.6. The Morgan fingerprint density at radius 3 is 2.19 bits per heavy atom. The van der Waals surface area contributed by atoms with Crippen molar-refractivity contribution in [1.29, 1.82) is 0 Å². The van der Waals surface area contributed by atoms with Crippen molar-refractivity contribution in [1.82, 2.24) is 4.57 Å². The summed E-state index contributed by atoms with van der Waals surface area (Å²) in [5.74, 6) is 0.105. The molecule has 0 spiro atoms. The average Bonchev–Trinajstić information content (AvgIpc) is 2.87. The van der Waals surface area contributed by atoms with Crippen LogP contribution in [0.15, 0.2) is 46.4 Å². The molecule has 1 N–H and O–H groups in total. The van der Waals surface area contributed by atoms with Crippen molar-refractivity contribution in [3.8, 4) is 5.88 Å². The highest BCUT2D eigenvalue weighted by atomic mass is 35.5. The van der Waals surface area contributed by atoms with Gasteiger partial charge in [0.2, 0.25) is 5.88 Å². The van der Waals surface area contributed by atoms with E-state index in [2.05, 4.69) is 9.98 Å². The summed E-state index contributed by atoms with van der Waals surface area (Å²) in [5, 5.41) is 11.7. The number of aliphatic imine (C=N–C) groups is 1. The van der Waals surface area contributed by atoms with Gasteiger partial charge in [0.05, 0.1) is 17.6 Å². The van der Waals surface area contributed by atoms with E-state index in [1.807, 2.05) is 38.1 Å². The van der Waals surface area contributed by atoms with E-state index in [-0.39, 0.29) is 5.88 Å². The number of aryl methyl sites for hydroxylation is 2. The van der Waals surface area contributed by atoms with Gasteiger partial charge >= 0.3 is 0 Å². The zero-order valence-corrected chi connectivity index (χ0v) is 16.8. The van der Waals surface area contributed by atoms with Crippen molar-refractivity contribution in [2.24, 2.45) is 17.0 Å². The van der Waals surface area contributed by atoms with E-state index in [0.29, 0.717) is 19.7 Å². The SMILES string of the molecule is Cc1ccc(N=Cc2sc(=Nc3ccc(C)c(Cl)c3)n(C)c2O)cc1Cl. The minimum Gasteiger partial charge on any atom is -0.493 e. The van der Waals surface area contributed by atoms with Gasteiger partial charge < -0.3 is 5.11 Å². The molecule has 0 aliphatic carbocycles. The molecule has 3 aromatic rings. The number of aromatic hydroxyl groups is 1. The first kappa shape index (κ1) is 18.7. The van der Waals surface area contributed by atoms with Crippen LogP contribution in [0.3, 0.4) is 0 Å². The average molecular weight is 406 g/mol. The second kappa shape index (κ2) is 7.66. The third kappa shape index (κ3) is 4.01. The Morgan fingerprint density at radius 1 is 1.00 bits per heavy atom. The van der Waals surface area contributed by atoms with Crippen LogP contribution in [0.1, 0.15) is 16.0 Å². The van der Waals surface area contributed by atoms with Crippen LogP contribution in [0.2, 0.25) is 10.0 Å². The monoisotopic (exact) mass is 405 g/mol. The molecule has 0 fully saturated rings. The van der Waals surface area contributed by atoms with Crippen molar-refractivity contribution >= 4 is 52.1 Å². The molecular formula is C19H17Cl2N3OS. The summed E-state index contributed by atoms with van der Waals surface area (Å²) in [6, 6.07) is 11.2. The maximum Gasteiger partial charge on any atom is 0.212 e. The minimum atomic E-state index is 0.105. The Labute approximate surface area is 165 Å². The van der Waals surface area contributed by atoms with Gasteiger partial charge in [0.25, 0.3) is 0 Å². The molecule has 0 aliphatic rings. The molecular weight excluding hydrogens is 389 g/mol. The van der Waals surface area contributed by atoms with Gasteiger partial charge in [-0.25, -0.2) is 4.99 Å². The van der Waals surface area contributed by atoms with E-state index >= 15 is 0 Å². The number of thiazole rings is 1. The third-order valence-corrected chi connectivity index (χ3v) is 5.76. The quantitative estimate of drug-likeness (QED) is 0.558. The molecule has 7 heteroatoms. The van der Waals surface area contributed by atoms with Gasteiger partial charge in [-0.2, -0.15) is 0 Å². The summed E-state index contributed by atoms with van der Waals surface area (Å²) < 4.78 is 1.61. The second-order valence-corrected chi connectivity index (χ2v) is 7.69. The molecule has 0 radical (unpaired) electrons. The van der Waals surface area contributed by atoms with Crippen LogP contribution >= 0.6 is 34.5 Å². The van der Waals surface area contributed by atoms with Crippen molar-refractivity contribution in [3.63, 3.8) is 0 Å². The Hall–Kier alpha value is -2.08. The molecule has 2 aromatic carbocycles. The van der Waals surface area contributed by atoms with Gasteiger partial charge in [0.1, 0.15) is 4.88 Å². The summed E-state index contributed by atoms with van der Waals surface area (Å²) in [6.07, 6.45) is 1.61. The first-order valence-corrected chi connectivity index (χ1v) is 9.42. The summed E-state index contributed by atoms with van der Waals surface area (Å²) in [5.41, 5.74) is 3.44. The molecule has 3 rings (SSSR count). The Bertz CT molecular complexity index is 1070. The normalized spacial score (nSPS) is 12.3. The summed E-state index contributed by atoms with van der Waals surface area (Å²) in [4.78, 5) is 10.2. The molecule has 4 nitrogen and oxygen atoms in total. The highest BCUT2D eigenvalue weighted by Crippen LogP contribution is 2.25. The molecule has 0 atom stereocenters. The summed E-state index contributed by atoms with van der Waals surface area (Å²) in [6.45, 7) is 3.88. The highest BCUT2D eigenvalue weighted by Gasteiger charge is 2.08. The fourth-order valence-electron chi connectivity index (χ4n) is 2.21. The lowest BCUT2D eigenvalue weighted by Gasteiger charge is -1.99. The Morgan fingerprint density at radius 2 is 1.58 bits per heavy atom. The predicted molar refractivity (Wildman–Crippen MR) is 110 cm³/mol. The number of halogens is 2. The standard InChI is InChI=1S/C19H17Cl2N3OS/c1-11-4-6-13(8-15(11)20)22-10-17-18(25)24(3)19(26-17)23-14-7-5-12(2)16(21)9-14/h4-10,25H,1-3H3. The smallest absolute Gasteiger partial charge is 0.212 e. The van der Waals surface area contributed by atoms with Crippen LogP contribution in [-0.2, 0) is 7.05 Å². The fraction of sp³-hybridized carbons (Fsp3) is 0.158. The van der Waals surface area contributed by atoms with Gasteiger partial charge in [-0.1, -0.05) is 46.7 Å². The molecule has 0 unspecified atom stereocenters. The molecule has 0 amide bonds. The molecule has 1 heterocycles. The third-order valence-electron chi connectivity index (χ3n) is 3.89. The van der Waals surface area contributed by atoms with Crippen LogP contribution in [0, 0.1) is 13.8 Å². The van der Waals surface area contributed by atoms with Crippen molar-refractivity contribution < 1.29 is 5.11 Å². The lowest BCUT2D eigenvalue weighted by Crippen LogP contribution is -2.08.